The molecule has 68 heavy (non-hydrogen) atoms. The predicted octanol–water partition coefficient (Wildman–Crippen LogP) is 11.4. The fourth-order valence-corrected chi connectivity index (χ4v) is 10.1. The number of sulfonamides is 1. The highest BCUT2D eigenvalue weighted by Gasteiger charge is 2.35. The standard InChI is InChI=1S/C52H35N7O8S/c60-48(61)31-57(68(66,67)47-29-20-37(58(62)63)30-46(47)59(64)65)36-18-16-35(17-19-36)52-44-27-25-42(55-44)50(33-12-6-2-7-13-33)40-23-21-38(53-40)49(32-10-4-1-5-11-32)39-22-24-41(54-39)51(34-14-8-3-9-15-34)43-26-28-45(52)56-43/h1-30,53,56H,31H2,(H,60,61). The molecule has 0 fully saturated rings. The Kier molecular flexibility index (Phi) is 10.8. The van der Waals surface area contributed by atoms with E-state index in [9.17, 15) is 38.5 Å². The summed E-state index contributed by atoms with van der Waals surface area (Å²) in [7, 11) is -4.98. The molecule has 0 unspecified atom stereocenters. The fraction of sp³-hybridized carbons (Fsp3) is 0.0192. The van der Waals surface area contributed by atoms with Crippen molar-refractivity contribution in [1.29, 1.82) is 0 Å². The number of nitrogens with one attached hydrogen (secondary N) is 2. The number of aromatic amines is 2. The van der Waals surface area contributed by atoms with Crippen LogP contribution in [0, 0.1) is 20.2 Å². The molecule has 3 N–H and O–H groups in total. The van der Waals surface area contributed by atoms with Crippen molar-refractivity contribution in [1.82, 2.24) is 19.9 Å². The van der Waals surface area contributed by atoms with Gasteiger partial charge in [0.25, 0.3) is 21.4 Å². The van der Waals surface area contributed by atoms with Crippen molar-refractivity contribution in [2.24, 2.45) is 0 Å². The first kappa shape index (κ1) is 42.7. The monoisotopic (exact) mass is 917 g/mol. The molecule has 5 aromatic carbocycles. The smallest absolute Gasteiger partial charge is 0.324 e. The molecule has 0 radical (unpaired) electrons. The van der Waals surface area contributed by atoms with Crippen LogP contribution in [0.3, 0.4) is 0 Å². The highest BCUT2D eigenvalue weighted by molar-refractivity contribution is 7.93. The normalized spacial score (nSPS) is 11.9. The molecular formula is C52H35N7O8S. The van der Waals surface area contributed by atoms with Crippen LogP contribution in [-0.2, 0) is 14.8 Å². The zero-order valence-electron chi connectivity index (χ0n) is 35.5. The van der Waals surface area contributed by atoms with E-state index >= 15 is 0 Å². The van der Waals surface area contributed by atoms with Crippen molar-refractivity contribution in [2.45, 2.75) is 4.90 Å². The number of hydrogen-bond donors (Lipinski definition) is 3. The molecule has 0 spiro atoms. The Bertz CT molecular complexity index is 3670. The number of nitro benzene ring substituents is 2. The Balaban J connectivity index is 1.24. The quantitative estimate of drug-likeness (QED) is 0.0823. The average molecular weight is 918 g/mol. The first-order valence-electron chi connectivity index (χ1n) is 21.0. The van der Waals surface area contributed by atoms with Gasteiger partial charge in [-0.3, -0.25) is 29.3 Å². The topological polar surface area (TPSA) is 218 Å². The SMILES string of the molecule is O=C(O)CN(c1ccc(-c2c3nc(c(-c4ccccc4)c4ccc([nH]4)c(-c4ccccc4)c4nc(c(-c5ccccc5)c5ccc2[nH]5)C=C4)C=C3)cc1)S(=O)(=O)c1ccc([N+](=O)[O-])cc1[N+](=O)[O-]. The van der Waals surface area contributed by atoms with Gasteiger partial charge in [-0.1, -0.05) is 103 Å². The third-order valence-electron chi connectivity index (χ3n) is 11.6. The maximum absolute atomic E-state index is 14.2. The van der Waals surface area contributed by atoms with Gasteiger partial charge in [0.2, 0.25) is 0 Å². The molecule has 0 saturated carbocycles. The number of nitro groups is 2. The van der Waals surface area contributed by atoms with E-state index in [0.717, 1.165) is 73.5 Å². The largest absolute Gasteiger partial charge is 0.480 e. The number of carboxylic acid groups (broad SMARTS) is 1. The average Bonchev–Trinajstić information content (AvgIpc) is 4.20. The van der Waals surface area contributed by atoms with E-state index in [1.54, 1.807) is 12.1 Å². The zero-order valence-corrected chi connectivity index (χ0v) is 36.3. The first-order chi connectivity index (χ1) is 32.9. The number of aliphatic carboxylic acids is 1. The van der Waals surface area contributed by atoms with Crippen LogP contribution >= 0.6 is 0 Å². The van der Waals surface area contributed by atoms with Crippen LogP contribution in [-0.4, -0.2) is 55.8 Å². The first-order valence-corrected chi connectivity index (χ1v) is 22.5. The molecule has 0 atom stereocenters. The van der Waals surface area contributed by atoms with Gasteiger partial charge in [0.1, 0.15) is 6.54 Å². The van der Waals surface area contributed by atoms with E-state index in [-0.39, 0.29) is 5.69 Å². The Hall–Kier alpha value is -9.28. The van der Waals surface area contributed by atoms with Crippen LogP contribution in [0.1, 0.15) is 22.8 Å². The number of aromatic nitrogens is 4. The lowest BCUT2D eigenvalue weighted by molar-refractivity contribution is -0.396. The maximum atomic E-state index is 14.2. The van der Waals surface area contributed by atoms with E-state index in [0.29, 0.717) is 38.4 Å². The predicted molar refractivity (Wildman–Crippen MR) is 263 cm³/mol. The van der Waals surface area contributed by atoms with Crippen LogP contribution in [0.2, 0.25) is 0 Å². The molecule has 16 heteroatoms. The van der Waals surface area contributed by atoms with Crippen molar-refractivity contribution in [2.75, 3.05) is 10.8 Å². The molecule has 0 amide bonds. The lowest BCUT2D eigenvalue weighted by Gasteiger charge is -2.23. The number of benzene rings is 5. The van der Waals surface area contributed by atoms with E-state index in [1.165, 1.54) is 12.1 Å². The number of hydrogen-bond acceptors (Lipinski definition) is 9. The molecule has 5 heterocycles. The number of rotatable bonds is 11. The summed E-state index contributed by atoms with van der Waals surface area (Å²) in [5.41, 5.74) is 10.3. The van der Waals surface area contributed by atoms with Crippen LogP contribution < -0.4 is 4.31 Å². The Labute approximate surface area is 387 Å². The van der Waals surface area contributed by atoms with Crippen LogP contribution in [0.15, 0.2) is 163 Å². The summed E-state index contributed by atoms with van der Waals surface area (Å²) in [6.45, 7) is -1.11. The van der Waals surface area contributed by atoms with Crippen molar-refractivity contribution >= 4 is 79.4 Å². The van der Waals surface area contributed by atoms with E-state index in [1.807, 2.05) is 127 Å². The van der Waals surface area contributed by atoms with Crippen molar-refractivity contribution < 1.29 is 28.2 Å². The molecule has 2 aliphatic rings. The second-order valence-corrected chi connectivity index (χ2v) is 17.5. The number of H-pyrrole nitrogens is 2. The van der Waals surface area contributed by atoms with Crippen LogP contribution in [0.5, 0.6) is 0 Å². The summed E-state index contributed by atoms with van der Waals surface area (Å²) in [6, 6.07) is 45.9. The minimum Gasteiger partial charge on any atom is -0.480 e. The molecule has 0 aliphatic carbocycles. The van der Waals surface area contributed by atoms with Gasteiger partial charge in [0, 0.05) is 50.4 Å². The number of anilines is 1. The van der Waals surface area contributed by atoms with Gasteiger partial charge in [-0.05, 0) is 89.0 Å². The molecule has 8 aromatic rings. The summed E-state index contributed by atoms with van der Waals surface area (Å²) in [4.78, 5) is 50.7. The lowest BCUT2D eigenvalue weighted by Crippen LogP contribution is -2.36. The van der Waals surface area contributed by atoms with Gasteiger partial charge in [-0.15, -0.1) is 0 Å². The van der Waals surface area contributed by atoms with Crippen molar-refractivity contribution in [3.8, 4) is 44.5 Å². The number of carbonyl (C=O) groups is 1. The van der Waals surface area contributed by atoms with Crippen LogP contribution in [0.4, 0.5) is 17.1 Å². The van der Waals surface area contributed by atoms with Crippen molar-refractivity contribution in [3.63, 3.8) is 0 Å². The van der Waals surface area contributed by atoms with Crippen LogP contribution in [0.25, 0.3) is 90.9 Å². The maximum Gasteiger partial charge on any atom is 0.324 e. The molecule has 0 saturated heterocycles. The molecule has 10 rings (SSSR count). The molecule has 3 aromatic heterocycles. The van der Waals surface area contributed by atoms with E-state index in [2.05, 4.69) is 22.1 Å². The molecule has 8 bridgehead atoms. The second kappa shape index (κ2) is 17.3. The Morgan fingerprint density at radius 2 is 0.912 bits per heavy atom. The lowest BCUT2D eigenvalue weighted by atomic mass is 10.0. The minimum absolute atomic E-state index is 0.132. The summed E-state index contributed by atoms with van der Waals surface area (Å²) >= 11 is 0. The number of carboxylic acids is 1. The Morgan fingerprint density at radius 1 is 0.529 bits per heavy atom. The summed E-state index contributed by atoms with van der Waals surface area (Å²) in [5.74, 6) is -1.55. The highest BCUT2D eigenvalue weighted by Crippen LogP contribution is 2.40. The minimum atomic E-state index is -4.98. The summed E-state index contributed by atoms with van der Waals surface area (Å²) < 4.78 is 28.8. The van der Waals surface area contributed by atoms with Gasteiger partial charge >= 0.3 is 5.97 Å². The highest BCUT2D eigenvalue weighted by atomic mass is 32.2. The third-order valence-corrected chi connectivity index (χ3v) is 13.4. The van der Waals surface area contributed by atoms with Gasteiger partial charge in [0.05, 0.1) is 44.4 Å². The summed E-state index contributed by atoms with van der Waals surface area (Å²) in [6.07, 6.45) is 7.84. The molecule has 2 aliphatic heterocycles. The van der Waals surface area contributed by atoms with Crippen molar-refractivity contribution in [3.05, 3.63) is 201 Å². The van der Waals surface area contributed by atoms with E-state index < -0.39 is 48.7 Å². The summed E-state index contributed by atoms with van der Waals surface area (Å²) in [5, 5.41) is 33.4. The molecule has 332 valence electrons. The molecular weight excluding hydrogens is 883 g/mol. The number of non-ortho nitro benzene ring substituents is 1. The molecule has 15 nitrogen and oxygen atoms in total. The van der Waals surface area contributed by atoms with E-state index in [4.69, 9.17) is 9.97 Å². The van der Waals surface area contributed by atoms with Gasteiger partial charge < -0.3 is 15.1 Å². The third kappa shape index (κ3) is 7.86. The second-order valence-electron chi connectivity index (χ2n) is 15.7. The van der Waals surface area contributed by atoms with Gasteiger partial charge in [-0.2, -0.15) is 0 Å². The fourth-order valence-electron chi connectivity index (χ4n) is 8.57. The van der Waals surface area contributed by atoms with Gasteiger partial charge in [0.15, 0.2) is 4.90 Å². The zero-order chi connectivity index (χ0) is 47.1. The number of nitrogens with zero attached hydrogens (tertiary/aromatic N) is 5. The van der Waals surface area contributed by atoms with Gasteiger partial charge in [-0.25, -0.2) is 18.4 Å². The Morgan fingerprint density at radius 3 is 1.26 bits per heavy atom. The number of fused-ring (bicyclic) bond motifs is 8.